The van der Waals surface area contributed by atoms with Crippen molar-refractivity contribution in [2.45, 2.75) is 25.8 Å². The Labute approximate surface area is 138 Å². The number of carbonyl (C=O) groups excluding carboxylic acids is 1. The van der Waals surface area contributed by atoms with Crippen LogP contribution in [0, 0.1) is 0 Å². The number of amides is 1. The van der Waals surface area contributed by atoms with E-state index in [1.807, 2.05) is 36.1 Å². The average Bonchev–Trinajstić information content (AvgIpc) is 2.52. The van der Waals surface area contributed by atoms with Crippen LogP contribution in [0.5, 0.6) is 5.75 Å². The van der Waals surface area contributed by atoms with Crippen molar-refractivity contribution in [2.24, 2.45) is 5.73 Å². The second-order valence-corrected chi connectivity index (χ2v) is 5.17. The van der Waals surface area contributed by atoms with E-state index in [-0.39, 0.29) is 24.4 Å². The highest BCUT2D eigenvalue weighted by atomic mass is 35.5. The number of nitrogens with two attached hydrogens (primary N) is 1. The van der Waals surface area contributed by atoms with Gasteiger partial charge in [-0.1, -0.05) is 12.1 Å². The van der Waals surface area contributed by atoms with Crippen molar-refractivity contribution in [2.75, 3.05) is 32.9 Å². The van der Waals surface area contributed by atoms with Gasteiger partial charge in [0.15, 0.2) is 0 Å². The van der Waals surface area contributed by atoms with Crippen LogP contribution in [0.4, 0.5) is 0 Å². The Morgan fingerprint density at radius 3 is 2.64 bits per heavy atom. The third kappa shape index (κ3) is 5.16. The van der Waals surface area contributed by atoms with Gasteiger partial charge in [0.05, 0.1) is 12.2 Å². The van der Waals surface area contributed by atoms with Crippen LogP contribution >= 0.6 is 12.4 Å². The molecule has 5 nitrogen and oxygen atoms in total. The Morgan fingerprint density at radius 1 is 1.27 bits per heavy atom. The molecular weight excluding hydrogens is 304 g/mol. The molecule has 1 aromatic carbocycles. The molecule has 0 unspecified atom stereocenters. The lowest BCUT2D eigenvalue weighted by molar-refractivity contribution is 0.0705. The van der Waals surface area contributed by atoms with Crippen LogP contribution < -0.4 is 10.5 Å². The van der Waals surface area contributed by atoms with E-state index < -0.39 is 0 Å². The highest BCUT2D eigenvalue weighted by Crippen LogP contribution is 2.21. The van der Waals surface area contributed by atoms with E-state index in [2.05, 4.69) is 0 Å². The summed E-state index contributed by atoms with van der Waals surface area (Å²) in [5.74, 6) is 0.644. The third-order valence-electron chi connectivity index (χ3n) is 3.63. The van der Waals surface area contributed by atoms with Crippen LogP contribution in [0.3, 0.4) is 0 Å². The zero-order chi connectivity index (χ0) is 15.1. The second kappa shape index (κ2) is 9.66. The molecule has 0 spiro atoms. The van der Waals surface area contributed by atoms with Gasteiger partial charge in [0.1, 0.15) is 12.4 Å². The molecule has 2 rings (SSSR count). The monoisotopic (exact) mass is 328 g/mol. The van der Waals surface area contributed by atoms with Crippen molar-refractivity contribution in [1.29, 1.82) is 0 Å². The van der Waals surface area contributed by atoms with Gasteiger partial charge in [0, 0.05) is 25.7 Å². The Bertz CT molecular complexity index is 462. The predicted octanol–water partition coefficient (Wildman–Crippen LogP) is 2.09. The second-order valence-electron chi connectivity index (χ2n) is 5.17. The van der Waals surface area contributed by atoms with E-state index >= 15 is 0 Å². The Balaban J connectivity index is 0.00000242. The van der Waals surface area contributed by atoms with Crippen LogP contribution in [0.25, 0.3) is 0 Å². The summed E-state index contributed by atoms with van der Waals surface area (Å²) in [5, 5.41) is 0. The zero-order valence-corrected chi connectivity index (χ0v) is 13.8. The fourth-order valence-corrected chi connectivity index (χ4v) is 2.40. The summed E-state index contributed by atoms with van der Waals surface area (Å²) in [6.07, 6.45) is 1.72. The minimum absolute atomic E-state index is 0. The van der Waals surface area contributed by atoms with Crippen LogP contribution in [0.2, 0.25) is 0 Å². The van der Waals surface area contributed by atoms with Crippen LogP contribution in [-0.4, -0.2) is 49.8 Å². The van der Waals surface area contributed by atoms with E-state index in [1.54, 1.807) is 0 Å². The van der Waals surface area contributed by atoms with E-state index in [9.17, 15) is 4.79 Å². The molecule has 0 aliphatic carbocycles. The topological polar surface area (TPSA) is 64.8 Å². The smallest absolute Gasteiger partial charge is 0.257 e. The van der Waals surface area contributed by atoms with Crippen molar-refractivity contribution in [3.8, 4) is 5.75 Å². The first-order valence-electron chi connectivity index (χ1n) is 7.56. The third-order valence-corrected chi connectivity index (χ3v) is 3.63. The fraction of sp³-hybridized carbons (Fsp3) is 0.562. The van der Waals surface area contributed by atoms with Crippen molar-refractivity contribution >= 4 is 18.3 Å². The van der Waals surface area contributed by atoms with Gasteiger partial charge in [-0.3, -0.25) is 4.79 Å². The number of hydrogen-bond acceptors (Lipinski definition) is 4. The first-order chi connectivity index (χ1) is 10.2. The number of nitrogens with zero attached hydrogens (tertiary/aromatic N) is 1. The van der Waals surface area contributed by atoms with Gasteiger partial charge in [0.25, 0.3) is 5.91 Å². The van der Waals surface area contributed by atoms with Gasteiger partial charge in [-0.15, -0.1) is 12.4 Å². The van der Waals surface area contributed by atoms with Crippen molar-refractivity contribution in [3.63, 3.8) is 0 Å². The molecular formula is C16H25ClN2O3. The molecule has 124 valence electrons. The molecule has 1 fully saturated rings. The molecule has 1 heterocycles. The molecule has 0 aromatic heterocycles. The van der Waals surface area contributed by atoms with Gasteiger partial charge in [0.2, 0.25) is 0 Å². The first kappa shape index (κ1) is 18.7. The molecule has 6 heteroatoms. The van der Waals surface area contributed by atoms with Crippen LogP contribution in [0.15, 0.2) is 24.3 Å². The van der Waals surface area contributed by atoms with Gasteiger partial charge in [-0.05, 0) is 31.9 Å². The predicted molar refractivity (Wildman–Crippen MR) is 88.8 cm³/mol. The number of piperidine rings is 1. The number of halogens is 1. The summed E-state index contributed by atoms with van der Waals surface area (Å²) in [6, 6.07) is 7.59. The highest BCUT2D eigenvalue weighted by Gasteiger charge is 2.23. The number of ether oxygens (including phenoxy) is 2. The van der Waals surface area contributed by atoms with Crippen LogP contribution in [0.1, 0.15) is 30.1 Å². The number of likely N-dealkylation sites (tertiary alicyclic amines) is 1. The van der Waals surface area contributed by atoms with Gasteiger partial charge in [-0.25, -0.2) is 0 Å². The Morgan fingerprint density at radius 2 is 1.95 bits per heavy atom. The maximum Gasteiger partial charge on any atom is 0.257 e. The highest BCUT2D eigenvalue weighted by molar-refractivity contribution is 5.97. The van der Waals surface area contributed by atoms with Gasteiger partial charge in [-0.2, -0.15) is 0 Å². The lowest BCUT2D eigenvalue weighted by atomic mass is 10.0. The molecule has 1 aliphatic heterocycles. The number of rotatable bonds is 6. The molecule has 1 amide bonds. The SMILES string of the molecule is CCOCCOc1ccccc1C(=O)N1CCC(N)CC1.Cl. The molecule has 2 N–H and O–H groups in total. The molecule has 22 heavy (non-hydrogen) atoms. The standard InChI is InChI=1S/C16H24N2O3.ClH/c1-2-20-11-12-21-15-6-4-3-5-14(15)16(19)18-9-7-13(17)8-10-18;/h3-6,13H,2,7-12,17H2,1H3;1H. The summed E-state index contributed by atoms with van der Waals surface area (Å²) in [7, 11) is 0. The Hall–Kier alpha value is -1.30. The van der Waals surface area contributed by atoms with E-state index in [1.165, 1.54) is 0 Å². The molecule has 1 aliphatic rings. The van der Waals surface area contributed by atoms with E-state index in [0.29, 0.717) is 44.2 Å². The number of para-hydroxylation sites is 1. The molecule has 0 atom stereocenters. The summed E-state index contributed by atoms with van der Waals surface area (Å²) >= 11 is 0. The van der Waals surface area contributed by atoms with Gasteiger partial charge >= 0.3 is 0 Å². The minimum Gasteiger partial charge on any atom is -0.490 e. The lowest BCUT2D eigenvalue weighted by Gasteiger charge is -2.30. The summed E-state index contributed by atoms with van der Waals surface area (Å²) in [5.41, 5.74) is 6.50. The number of carbonyl (C=O) groups is 1. The molecule has 1 saturated heterocycles. The largest absolute Gasteiger partial charge is 0.490 e. The summed E-state index contributed by atoms with van der Waals surface area (Å²) < 4.78 is 10.9. The normalized spacial score (nSPS) is 15.3. The van der Waals surface area contributed by atoms with Gasteiger partial charge < -0.3 is 20.1 Å². The van der Waals surface area contributed by atoms with E-state index in [4.69, 9.17) is 15.2 Å². The van der Waals surface area contributed by atoms with E-state index in [0.717, 1.165) is 12.8 Å². The van der Waals surface area contributed by atoms with Crippen molar-refractivity contribution in [3.05, 3.63) is 29.8 Å². The maximum atomic E-state index is 12.6. The average molecular weight is 329 g/mol. The summed E-state index contributed by atoms with van der Waals surface area (Å²) in [4.78, 5) is 14.4. The summed E-state index contributed by atoms with van der Waals surface area (Å²) in [6.45, 7) is 5.01. The number of benzene rings is 1. The Kier molecular flexibility index (Phi) is 8.24. The molecule has 0 radical (unpaired) electrons. The van der Waals surface area contributed by atoms with Crippen LogP contribution in [-0.2, 0) is 4.74 Å². The first-order valence-corrected chi connectivity index (χ1v) is 7.56. The maximum absolute atomic E-state index is 12.6. The quantitative estimate of drug-likeness (QED) is 0.812. The molecule has 0 saturated carbocycles. The minimum atomic E-state index is 0. The number of hydrogen-bond donors (Lipinski definition) is 1. The lowest BCUT2D eigenvalue weighted by Crippen LogP contribution is -2.42. The fourth-order valence-electron chi connectivity index (χ4n) is 2.40. The van der Waals surface area contributed by atoms with Crippen molar-refractivity contribution < 1.29 is 14.3 Å². The zero-order valence-electron chi connectivity index (χ0n) is 13.0. The molecule has 0 bridgehead atoms. The molecule has 1 aromatic rings. The van der Waals surface area contributed by atoms with Crippen molar-refractivity contribution in [1.82, 2.24) is 4.90 Å².